The molecular formula is C16H17NO2S. The first-order chi connectivity index (χ1) is 9.67. The van der Waals surface area contributed by atoms with Gasteiger partial charge in [0.25, 0.3) is 0 Å². The highest BCUT2D eigenvalue weighted by Crippen LogP contribution is 2.20. The topological polar surface area (TPSA) is 38.3 Å². The summed E-state index contributed by atoms with van der Waals surface area (Å²) in [7, 11) is 1.62. The van der Waals surface area contributed by atoms with Crippen LogP contribution in [0.3, 0.4) is 0 Å². The molecule has 0 aliphatic carbocycles. The Morgan fingerprint density at radius 3 is 2.60 bits per heavy atom. The number of carbonyl (C=O) groups is 1. The van der Waals surface area contributed by atoms with Crippen molar-refractivity contribution in [1.29, 1.82) is 0 Å². The number of anilines is 1. The number of thioether (sulfide) groups is 1. The van der Waals surface area contributed by atoms with Crippen LogP contribution < -0.4 is 10.1 Å². The minimum atomic E-state index is -0.0123. The molecule has 2 rings (SSSR count). The van der Waals surface area contributed by atoms with Gasteiger partial charge in [-0.15, -0.1) is 11.8 Å². The maximum atomic E-state index is 11.9. The Labute approximate surface area is 123 Å². The van der Waals surface area contributed by atoms with E-state index in [0.717, 1.165) is 16.3 Å². The molecule has 4 heteroatoms. The van der Waals surface area contributed by atoms with Crippen LogP contribution in [0.4, 0.5) is 5.69 Å². The van der Waals surface area contributed by atoms with E-state index in [1.165, 1.54) is 17.3 Å². The lowest BCUT2D eigenvalue weighted by Crippen LogP contribution is -2.13. The first kappa shape index (κ1) is 14.5. The standard InChI is InChI=1S/C16H17NO2S/c1-12-4-3-5-15(10-12)20-11-16(18)17-13-6-8-14(19-2)9-7-13/h3-10H,11H2,1-2H3,(H,17,18). The number of aryl methyl sites for hydroxylation is 1. The molecule has 2 aromatic carbocycles. The van der Waals surface area contributed by atoms with Crippen molar-refractivity contribution in [1.82, 2.24) is 0 Å². The van der Waals surface area contributed by atoms with Gasteiger partial charge in [-0.2, -0.15) is 0 Å². The van der Waals surface area contributed by atoms with Crippen molar-refractivity contribution in [2.24, 2.45) is 0 Å². The summed E-state index contributed by atoms with van der Waals surface area (Å²) in [4.78, 5) is 13.0. The second kappa shape index (κ2) is 7.01. The maximum absolute atomic E-state index is 11.9. The molecule has 0 bridgehead atoms. The van der Waals surface area contributed by atoms with Gasteiger partial charge in [-0.25, -0.2) is 0 Å². The molecule has 1 N–H and O–H groups in total. The third kappa shape index (κ3) is 4.31. The Balaban J connectivity index is 1.85. The minimum Gasteiger partial charge on any atom is -0.497 e. The van der Waals surface area contributed by atoms with Crippen molar-refractivity contribution in [3.05, 3.63) is 54.1 Å². The van der Waals surface area contributed by atoms with Crippen LogP contribution in [0.5, 0.6) is 5.75 Å². The fourth-order valence-electron chi connectivity index (χ4n) is 1.73. The van der Waals surface area contributed by atoms with Crippen molar-refractivity contribution in [2.75, 3.05) is 18.2 Å². The summed E-state index contributed by atoms with van der Waals surface area (Å²) in [6, 6.07) is 15.4. The third-order valence-corrected chi connectivity index (χ3v) is 3.73. The fraction of sp³-hybridized carbons (Fsp3) is 0.188. The molecule has 3 nitrogen and oxygen atoms in total. The van der Waals surface area contributed by atoms with E-state index < -0.39 is 0 Å². The van der Waals surface area contributed by atoms with Gasteiger partial charge in [0.15, 0.2) is 0 Å². The van der Waals surface area contributed by atoms with E-state index >= 15 is 0 Å². The first-order valence-electron chi connectivity index (χ1n) is 6.31. The molecule has 0 atom stereocenters. The molecule has 0 saturated carbocycles. The molecule has 0 unspecified atom stereocenters. The van der Waals surface area contributed by atoms with Crippen LogP contribution in [0.1, 0.15) is 5.56 Å². The maximum Gasteiger partial charge on any atom is 0.234 e. The first-order valence-corrected chi connectivity index (χ1v) is 7.29. The van der Waals surface area contributed by atoms with E-state index in [1.54, 1.807) is 7.11 Å². The highest BCUT2D eigenvalue weighted by Gasteiger charge is 2.04. The Kier molecular flexibility index (Phi) is 5.07. The summed E-state index contributed by atoms with van der Waals surface area (Å²) in [5, 5.41) is 2.86. The number of rotatable bonds is 5. The van der Waals surface area contributed by atoms with Gasteiger partial charge in [0.2, 0.25) is 5.91 Å². The normalized spacial score (nSPS) is 10.1. The lowest BCUT2D eigenvalue weighted by atomic mass is 10.2. The van der Waals surface area contributed by atoms with Crippen molar-refractivity contribution >= 4 is 23.4 Å². The van der Waals surface area contributed by atoms with Gasteiger partial charge in [-0.1, -0.05) is 17.7 Å². The van der Waals surface area contributed by atoms with E-state index in [2.05, 4.69) is 11.4 Å². The average Bonchev–Trinajstić information content (AvgIpc) is 2.46. The van der Waals surface area contributed by atoms with Crippen molar-refractivity contribution in [3.8, 4) is 5.75 Å². The number of ether oxygens (including phenoxy) is 1. The van der Waals surface area contributed by atoms with Crippen LogP contribution in [-0.2, 0) is 4.79 Å². The van der Waals surface area contributed by atoms with Crippen LogP contribution >= 0.6 is 11.8 Å². The van der Waals surface area contributed by atoms with Crippen molar-refractivity contribution < 1.29 is 9.53 Å². The largest absolute Gasteiger partial charge is 0.497 e. The van der Waals surface area contributed by atoms with Crippen LogP contribution in [0.15, 0.2) is 53.4 Å². The summed E-state index contributed by atoms with van der Waals surface area (Å²) in [6.45, 7) is 2.04. The Hall–Kier alpha value is -1.94. The summed E-state index contributed by atoms with van der Waals surface area (Å²) in [5.41, 5.74) is 1.98. The zero-order chi connectivity index (χ0) is 14.4. The van der Waals surface area contributed by atoms with Crippen LogP contribution in [0.25, 0.3) is 0 Å². The second-order valence-corrected chi connectivity index (χ2v) is 5.43. The second-order valence-electron chi connectivity index (χ2n) is 4.38. The number of hydrogen-bond donors (Lipinski definition) is 1. The minimum absolute atomic E-state index is 0.0123. The number of carbonyl (C=O) groups excluding carboxylic acids is 1. The molecule has 0 heterocycles. The van der Waals surface area contributed by atoms with Crippen molar-refractivity contribution in [3.63, 3.8) is 0 Å². The molecule has 0 aliphatic rings. The summed E-state index contributed by atoms with van der Waals surface area (Å²) in [5.74, 6) is 1.16. The molecule has 0 aromatic heterocycles. The molecule has 0 spiro atoms. The van der Waals surface area contributed by atoms with Gasteiger partial charge in [0.05, 0.1) is 12.9 Å². The molecule has 20 heavy (non-hydrogen) atoms. The van der Waals surface area contributed by atoms with Crippen LogP contribution in [0, 0.1) is 6.92 Å². The van der Waals surface area contributed by atoms with Gasteiger partial charge in [-0.05, 0) is 43.3 Å². The smallest absolute Gasteiger partial charge is 0.234 e. The number of hydrogen-bond acceptors (Lipinski definition) is 3. The quantitative estimate of drug-likeness (QED) is 0.851. The molecule has 1 amide bonds. The van der Waals surface area contributed by atoms with Crippen LogP contribution in [0.2, 0.25) is 0 Å². The molecule has 2 aromatic rings. The molecule has 104 valence electrons. The number of nitrogens with one attached hydrogen (secondary N) is 1. The van der Waals surface area contributed by atoms with Gasteiger partial charge < -0.3 is 10.1 Å². The summed E-state index contributed by atoms with van der Waals surface area (Å²) in [6.07, 6.45) is 0. The lowest BCUT2D eigenvalue weighted by molar-refractivity contribution is -0.113. The number of benzene rings is 2. The summed E-state index contributed by atoms with van der Waals surface area (Å²) >= 11 is 1.53. The Morgan fingerprint density at radius 1 is 1.20 bits per heavy atom. The molecule has 0 saturated heterocycles. The highest BCUT2D eigenvalue weighted by molar-refractivity contribution is 8.00. The van der Waals surface area contributed by atoms with Crippen molar-refractivity contribution in [2.45, 2.75) is 11.8 Å². The van der Waals surface area contributed by atoms with E-state index in [1.807, 2.05) is 49.4 Å². The molecular weight excluding hydrogens is 270 g/mol. The Bertz CT molecular complexity index is 581. The lowest BCUT2D eigenvalue weighted by Gasteiger charge is -2.06. The van der Waals surface area contributed by atoms with E-state index in [9.17, 15) is 4.79 Å². The zero-order valence-corrected chi connectivity index (χ0v) is 12.4. The predicted molar refractivity (Wildman–Crippen MR) is 83.5 cm³/mol. The molecule has 0 radical (unpaired) electrons. The van der Waals surface area contributed by atoms with Gasteiger partial charge in [0.1, 0.15) is 5.75 Å². The van der Waals surface area contributed by atoms with Gasteiger partial charge in [0, 0.05) is 10.6 Å². The van der Waals surface area contributed by atoms with Gasteiger partial charge in [-0.3, -0.25) is 4.79 Å². The molecule has 0 aliphatic heterocycles. The average molecular weight is 287 g/mol. The fourth-order valence-corrected chi connectivity index (χ4v) is 2.54. The predicted octanol–water partition coefficient (Wildman–Crippen LogP) is 3.73. The van der Waals surface area contributed by atoms with E-state index in [4.69, 9.17) is 4.74 Å². The van der Waals surface area contributed by atoms with E-state index in [-0.39, 0.29) is 5.91 Å². The molecule has 0 fully saturated rings. The highest BCUT2D eigenvalue weighted by atomic mass is 32.2. The van der Waals surface area contributed by atoms with Crippen LogP contribution in [-0.4, -0.2) is 18.8 Å². The van der Waals surface area contributed by atoms with E-state index in [0.29, 0.717) is 5.75 Å². The third-order valence-electron chi connectivity index (χ3n) is 2.73. The number of methoxy groups -OCH3 is 1. The monoisotopic (exact) mass is 287 g/mol. The summed E-state index contributed by atoms with van der Waals surface area (Å²) < 4.78 is 5.07. The Morgan fingerprint density at radius 2 is 1.95 bits per heavy atom. The number of amides is 1. The van der Waals surface area contributed by atoms with Gasteiger partial charge >= 0.3 is 0 Å². The zero-order valence-electron chi connectivity index (χ0n) is 11.6. The SMILES string of the molecule is COc1ccc(NC(=O)CSc2cccc(C)c2)cc1.